The molecule has 0 aliphatic heterocycles. The molecule has 0 fully saturated rings. The van der Waals surface area contributed by atoms with Crippen LogP contribution in [0.3, 0.4) is 0 Å². The Morgan fingerprint density at radius 1 is 0.927 bits per heavy atom. The lowest BCUT2D eigenvalue weighted by atomic mass is 10.0. The van der Waals surface area contributed by atoms with Gasteiger partial charge in [-0.2, -0.15) is 0 Å². The first-order valence-corrected chi connectivity index (χ1v) is 15.1. The molecule has 2 amide bonds. The van der Waals surface area contributed by atoms with E-state index < -0.39 is 16.1 Å². The number of ether oxygens (including phenoxy) is 1. The fourth-order valence-corrected chi connectivity index (χ4v) is 5.43. The highest BCUT2D eigenvalue weighted by atomic mass is 32.2. The number of rotatable bonds is 16. The van der Waals surface area contributed by atoms with Crippen LogP contribution in [0.1, 0.15) is 36.5 Å². The molecule has 41 heavy (non-hydrogen) atoms. The van der Waals surface area contributed by atoms with Crippen LogP contribution in [0.15, 0.2) is 83.8 Å². The van der Waals surface area contributed by atoms with E-state index in [2.05, 4.69) is 10.0 Å². The van der Waals surface area contributed by atoms with Gasteiger partial charge in [-0.05, 0) is 53.8 Å². The summed E-state index contributed by atoms with van der Waals surface area (Å²) in [6.07, 6.45) is 1.39. The minimum atomic E-state index is -3.58. The molecule has 0 saturated carbocycles. The number of amides is 2. The van der Waals surface area contributed by atoms with Gasteiger partial charge in [0.1, 0.15) is 11.9 Å². The SMILES string of the molecule is CCNS(=O)(=O)c1ccc(CCC(=O)N(Cc2ccc(F)cc2)[C@H](Cc2ccccc2)C(=O)NCCCOC)cc1. The average Bonchev–Trinajstić information content (AvgIpc) is 2.97. The highest BCUT2D eigenvalue weighted by Crippen LogP contribution is 2.18. The first kappa shape index (κ1) is 31.9. The Morgan fingerprint density at radius 3 is 2.22 bits per heavy atom. The highest BCUT2D eigenvalue weighted by molar-refractivity contribution is 7.89. The summed E-state index contributed by atoms with van der Waals surface area (Å²) < 4.78 is 45.7. The molecular formula is C31H38FN3O5S. The molecule has 0 saturated heterocycles. The number of hydrogen-bond acceptors (Lipinski definition) is 5. The van der Waals surface area contributed by atoms with Gasteiger partial charge in [0.25, 0.3) is 0 Å². The maximum atomic E-state index is 13.8. The van der Waals surface area contributed by atoms with Gasteiger partial charge in [-0.25, -0.2) is 17.5 Å². The zero-order valence-electron chi connectivity index (χ0n) is 23.5. The summed E-state index contributed by atoms with van der Waals surface area (Å²) in [5.74, 6) is -0.909. The second-order valence-electron chi connectivity index (χ2n) is 9.64. The van der Waals surface area contributed by atoms with Gasteiger partial charge < -0.3 is 15.0 Å². The van der Waals surface area contributed by atoms with Crippen LogP contribution in [-0.4, -0.2) is 58.0 Å². The van der Waals surface area contributed by atoms with E-state index in [9.17, 15) is 22.4 Å². The van der Waals surface area contributed by atoms with Crippen molar-refractivity contribution in [1.29, 1.82) is 0 Å². The summed E-state index contributed by atoms with van der Waals surface area (Å²) in [5, 5.41) is 2.94. The number of benzene rings is 3. The van der Waals surface area contributed by atoms with E-state index >= 15 is 0 Å². The summed E-state index contributed by atoms with van der Waals surface area (Å²) in [6, 6.07) is 21.0. The molecule has 0 aromatic heterocycles. The molecule has 220 valence electrons. The third-order valence-electron chi connectivity index (χ3n) is 6.56. The molecule has 2 N–H and O–H groups in total. The molecule has 3 rings (SSSR count). The second-order valence-corrected chi connectivity index (χ2v) is 11.4. The molecule has 1 atom stereocenters. The fraction of sp³-hybridized carbons (Fsp3) is 0.355. The van der Waals surface area contributed by atoms with Crippen molar-refractivity contribution >= 4 is 21.8 Å². The largest absolute Gasteiger partial charge is 0.385 e. The van der Waals surface area contributed by atoms with Gasteiger partial charge >= 0.3 is 0 Å². The summed E-state index contributed by atoms with van der Waals surface area (Å²) in [4.78, 5) is 29.0. The van der Waals surface area contributed by atoms with Crippen LogP contribution in [0, 0.1) is 5.82 Å². The first-order chi connectivity index (χ1) is 19.7. The van der Waals surface area contributed by atoms with Gasteiger partial charge in [-0.15, -0.1) is 0 Å². The molecular weight excluding hydrogens is 545 g/mol. The van der Waals surface area contributed by atoms with Crippen LogP contribution in [-0.2, 0) is 43.7 Å². The molecule has 0 aliphatic carbocycles. The van der Waals surface area contributed by atoms with Gasteiger partial charge in [0.15, 0.2) is 0 Å². The summed E-state index contributed by atoms with van der Waals surface area (Å²) in [7, 11) is -1.98. The zero-order valence-corrected chi connectivity index (χ0v) is 24.3. The van der Waals surface area contributed by atoms with Crippen molar-refractivity contribution in [3.05, 3.63) is 101 Å². The van der Waals surface area contributed by atoms with Crippen molar-refractivity contribution in [1.82, 2.24) is 14.9 Å². The Kier molecular flexibility index (Phi) is 12.5. The van der Waals surface area contributed by atoms with Crippen LogP contribution in [0.5, 0.6) is 0 Å². The Hall–Kier alpha value is -3.60. The van der Waals surface area contributed by atoms with E-state index in [4.69, 9.17) is 4.74 Å². The number of nitrogens with zero attached hydrogens (tertiary/aromatic N) is 1. The topological polar surface area (TPSA) is 105 Å². The van der Waals surface area contributed by atoms with E-state index in [1.54, 1.807) is 43.2 Å². The number of carbonyl (C=O) groups is 2. The van der Waals surface area contributed by atoms with Gasteiger partial charge in [0.05, 0.1) is 4.90 Å². The van der Waals surface area contributed by atoms with E-state index in [-0.39, 0.29) is 42.0 Å². The number of nitrogens with one attached hydrogen (secondary N) is 2. The monoisotopic (exact) mass is 583 g/mol. The average molecular weight is 584 g/mol. The van der Waals surface area contributed by atoms with Crippen molar-refractivity contribution in [3.8, 4) is 0 Å². The molecule has 0 heterocycles. The van der Waals surface area contributed by atoms with E-state index in [1.165, 1.54) is 24.3 Å². The number of methoxy groups -OCH3 is 1. The maximum Gasteiger partial charge on any atom is 0.243 e. The molecule has 8 nitrogen and oxygen atoms in total. The van der Waals surface area contributed by atoms with Crippen LogP contribution in [0.25, 0.3) is 0 Å². The smallest absolute Gasteiger partial charge is 0.243 e. The number of aryl methyl sites for hydroxylation is 1. The molecule has 0 radical (unpaired) electrons. The fourth-order valence-electron chi connectivity index (χ4n) is 4.39. The molecule has 0 bridgehead atoms. The lowest BCUT2D eigenvalue weighted by Crippen LogP contribution is -2.50. The zero-order chi connectivity index (χ0) is 29.7. The Bertz CT molecular complexity index is 1350. The quantitative estimate of drug-likeness (QED) is 0.249. The Balaban J connectivity index is 1.84. The van der Waals surface area contributed by atoms with Crippen molar-refractivity contribution in [2.45, 2.75) is 50.1 Å². The third kappa shape index (κ3) is 10.1. The first-order valence-electron chi connectivity index (χ1n) is 13.7. The Morgan fingerprint density at radius 2 is 1.59 bits per heavy atom. The van der Waals surface area contributed by atoms with Crippen LogP contribution in [0.4, 0.5) is 4.39 Å². The number of sulfonamides is 1. The van der Waals surface area contributed by atoms with Crippen LogP contribution < -0.4 is 10.0 Å². The number of carbonyl (C=O) groups excluding carboxylic acids is 2. The van der Waals surface area contributed by atoms with Crippen molar-refractivity contribution in [3.63, 3.8) is 0 Å². The second kappa shape index (κ2) is 16.0. The van der Waals surface area contributed by atoms with Gasteiger partial charge in [-0.1, -0.05) is 61.5 Å². The van der Waals surface area contributed by atoms with E-state index in [0.29, 0.717) is 38.0 Å². The van der Waals surface area contributed by atoms with Gasteiger partial charge in [0, 0.05) is 46.2 Å². The number of halogens is 1. The lowest BCUT2D eigenvalue weighted by Gasteiger charge is -2.31. The van der Waals surface area contributed by atoms with Crippen molar-refractivity contribution in [2.75, 3.05) is 26.8 Å². The normalized spacial score (nSPS) is 12.1. The van der Waals surface area contributed by atoms with E-state index in [0.717, 1.165) is 11.1 Å². The predicted octanol–water partition coefficient (Wildman–Crippen LogP) is 3.85. The minimum absolute atomic E-state index is 0.0999. The highest BCUT2D eigenvalue weighted by Gasteiger charge is 2.30. The van der Waals surface area contributed by atoms with Crippen molar-refractivity contribution in [2.24, 2.45) is 0 Å². The molecule has 3 aromatic rings. The van der Waals surface area contributed by atoms with Crippen LogP contribution in [0.2, 0.25) is 0 Å². The summed E-state index contributed by atoms with van der Waals surface area (Å²) in [5.41, 5.74) is 2.39. The standard InChI is InChI=1S/C31H38FN3O5S/c1-3-34-41(38,39)28-17-12-24(13-18-28)14-19-30(36)35(23-26-10-15-27(32)16-11-26)29(22-25-8-5-4-6-9-25)31(37)33-20-7-21-40-2/h4-6,8-13,15-18,29,34H,3,7,14,19-23H2,1-2H3,(H,33,37)/t29-/m1/s1. The molecule has 0 unspecified atom stereocenters. The van der Waals surface area contributed by atoms with Crippen LogP contribution >= 0.6 is 0 Å². The molecule has 3 aromatic carbocycles. The molecule has 10 heteroatoms. The maximum absolute atomic E-state index is 13.8. The van der Waals surface area contributed by atoms with Crippen molar-refractivity contribution < 1.29 is 27.1 Å². The summed E-state index contributed by atoms with van der Waals surface area (Å²) >= 11 is 0. The Labute approximate surface area is 242 Å². The van der Waals surface area contributed by atoms with E-state index in [1.807, 2.05) is 30.3 Å². The number of hydrogen-bond donors (Lipinski definition) is 2. The third-order valence-corrected chi connectivity index (χ3v) is 8.12. The predicted molar refractivity (Wildman–Crippen MR) is 156 cm³/mol. The molecule has 0 spiro atoms. The molecule has 0 aliphatic rings. The van der Waals surface area contributed by atoms with Gasteiger partial charge in [-0.3, -0.25) is 9.59 Å². The lowest BCUT2D eigenvalue weighted by molar-refractivity contribution is -0.141. The van der Waals surface area contributed by atoms with Gasteiger partial charge in [0.2, 0.25) is 21.8 Å². The minimum Gasteiger partial charge on any atom is -0.385 e. The summed E-state index contributed by atoms with van der Waals surface area (Å²) in [6.45, 7) is 3.02.